The summed E-state index contributed by atoms with van der Waals surface area (Å²) in [4.78, 5) is 6.68. The molecule has 1 saturated heterocycles. The molecule has 1 fully saturated rings. The molecule has 1 atom stereocenters. The van der Waals surface area contributed by atoms with Crippen molar-refractivity contribution in [2.75, 3.05) is 24.1 Å². The van der Waals surface area contributed by atoms with E-state index in [9.17, 15) is 8.42 Å². The van der Waals surface area contributed by atoms with Gasteiger partial charge in [0.2, 0.25) is 10.0 Å². The third kappa shape index (κ3) is 4.13. The molecule has 1 N–H and O–H groups in total. The molecule has 0 saturated carbocycles. The molecule has 5 nitrogen and oxygen atoms in total. The number of hydrogen-bond donors (Lipinski definition) is 1. The van der Waals surface area contributed by atoms with E-state index >= 15 is 0 Å². The van der Waals surface area contributed by atoms with Crippen LogP contribution in [0.2, 0.25) is 0 Å². The van der Waals surface area contributed by atoms with Gasteiger partial charge in [-0.1, -0.05) is 24.3 Å². The lowest BCUT2D eigenvalue weighted by atomic mass is 10.0. The standard InChI is InChI=1S/C18H23N3O2S/c1-14(21-11-3-4-12-21)15-5-7-16(8-6-15)17-9-10-18(19-13-17)20-24(2,22)23/h5-10,13-14H,3-4,11-12H2,1-2H3,(H,19,20)/t14-/m0/s1. The highest BCUT2D eigenvalue weighted by Gasteiger charge is 2.19. The van der Waals surface area contributed by atoms with Gasteiger partial charge in [0.05, 0.1) is 6.26 Å². The summed E-state index contributed by atoms with van der Waals surface area (Å²) in [6.45, 7) is 4.62. The maximum absolute atomic E-state index is 11.2. The van der Waals surface area contributed by atoms with Gasteiger partial charge in [-0.2, -0.15) is 0 Å². The Hall–Kier alpha value is -1.92. The van der Waals surface area contributed by atoms with Crippen LogP contribution in [0.25, 0.3) is 11.1 Å². The first-order chi connectivity index (χ1) is 11.4. The number of benzene rings is 1. The largest absolute Gasteiger partial charge is 0.297 e. The Bertz CT molecular complexity index is 780. The molecule has 2 aromatic rings. The Balaban J connectivity index is 1.73. The minimum Gasteiger partial charge on any atom is -0.297 e. The van der Waals surface area contributed by atoms with Crippen LogP contribution in [-0.2, 0) is 10.0 Å². The van der Waals surface area contributed by atoms with E-state index < -0.39 is 10.0 Å². The number of sulfonamides is 1. The number of anilines is 1. The van der Waals surface area contributed by atoms with Gasteiger partial charge in [-0.25, -0.2) is 13.4 Å². The van der Waals surface area contributed by atoms with E-state index in [1.165, 1.54) is 31.5 Å². The highest BCUT2D eigenvalue weighted by atomic mass is 32.2. The van der Waals surface area contributed by atoms with E-state index in [0.717, 1.165) is 17.4 Å². The zero-order valence-corrected chi connectivity index (χ0v) is 14.9. The summed E-state index contributed by atoms with van der Waals surface area (Å²) in [6, 6.07) is 12.5. The fourth-order valence-electron chi connectivity index (χ4n) is 3.11. The van der Waals surface area contributed by atoms with Gasteiger partial charge in [0.25, 0.3) is 0 Å². The van der Waals surface area contributed by atoms with Crippen molar-refractivity contribution in [1.29, 1.82) is 0 Å². The molecule has 1 aromatic heterocycles. The maximum atomic E-state index is 11.2. The second-order valence-electron chi connectivity index (χ2n) is 6.35. The van der Waals surface area contributed by atoms with E-state index in [1.54, 1.807) is 12.3 Å². The normalized spacial score (nSPS) is 16.9. The minimum absolute atomic E-state index is 0.334. The Morgan fingerprint density at radius 1 is 1.04 bits per heavy atom. The van der Waals surface area contributed by atoms with Crippen LogP contribution in [0, 0.1) is 0 Å². The molecule has 0 spiro atoms. The summed E-state index contributed by atoms with van der Waals surface area (Å²) in [5.41, 5.74) is 3.36. The number of likely N-dealkylation sites (tertiary alicyclic amines) is 1. The van der Waals surface area contributed by atoms with Crippen LogP contribution >= 0.6 is 0 Å². The lowest BCUT2D eigenvalue weighted by Gasteiger charge is -2.24. The van der Waals surface area contributed by atoms with Crippen LogP contribution in [0.5, 0.6) is 0 Å². The summed E-state index contributed by atoms with van der Waals surface area (Å²) in [7, 11) is -3.30. The maximum Gasteiger partial charge on any atom is 0.230 e. The molecular formula is C18H23N3O2S. The molecule has 0 radical (unpaired) electrons. The quantitative estimate of drug-likeness (QED) is 0.903. The van der Waals surface area contributed by atoms with Gasteiger partial charge in [0.15, 0.2) is 0 Å². The molecule has 1 aliphatic rings. The van der Waals surface area contributed by atoms with Crippen molar-refractivity contribution < 1.29 is 8.42 Å². The molecule has 128 valence electrons. The van der Waals surface area contributed by atoms with Gasteiger partial charge in [0.1, 0.15) is 5.82 Å². The average molecular weight is 345 g/mol. The van der Waals surface area contributed by atoms with Crippen LogP contribution in [0.4, 0.5) is 5.82 Å². The van der Waals surface area contributed by atoms with Crippen molar-refractivity contribution in [2.24, 2.45) is 0 Å². The zero-order valence-electron chi connectivity index (χ0n) is 14.1. The molecule has 1 aliphatic heterocycles. The molecule has 0 unspecified atom stereocenters. The SMILES string of the molecule is C[C@@H](c1ccc(-c2ccc(NS(C)(=O)=O)nc2)cc1)N1CCCC1. The third-order valence-electron chi connectivity index (χ3n) is 4.47. The second kappa shape index (κ2) is 6.91. The molecular weight excluding hydrogens is 322 g/mol. The molecule has 3 rings (SSSR count). The molecule has 1 aromatic carbocycles. The highest BCUT2D eigenvalue weighted by molar-refractivity contribution is 7.92. The van der Waals surface area contributed by atoms with Crippen molar-refractivity contribution >= 4 is 15.8 Å². The lowest BCUT2D eigenvalue weighted by molar-refractivity contribution is 0.263. The smallest absolute Gasteiger partial charge is 0.230 e. The van der Waals surface area contributed by atoms with Crippen molar-refractivity contribution in [2.45, 2.75) is 25.8 Å². The zero-order chi connectivity index (χ0) is 17.2. The van der Waals surface area contributed by atoms with Crippen molar-refractivity contribution in [3.05, 3.63) is 48.2 Å². The predicted molar refractivity (Wildman–Crippen MR) is 97.4 cm³/mol. The number of rotatable bonds is 5. The lowest BCUT2D eigenvalue weighted by Crippen LogP contribution is -2.23. The average Bonchev–Trinajstić information content (AvgIpc) is 3.08. The molecule has 2 heterocycles. The number of nitrogens with one attached hydrogen (secondary N) is 1. The topological polar surface area (TPSA) is 62.3 Å². The molecule has 6 heteroatoms. The van der Waals surface area contributed by atoms with Gasteiger partial charge in [-0.15, -0.1) is 0 Å². The van der Waals surface area contributed by atoms with Gasteiger partial charge in [-0.3, -0.25) is 9.62 Å². The number of aromatic nitrogens is 1. The fourth-order valence-corrected chi connectivity index (χ4v) is 3.61. The summed E-state index contributed by atoms with van der Waals surface area (Å²) < 4.78 is 24.8. The van der Waals surface area contributed by atoms with E-state index in [1.807, 2.05) is 6.07 Å². The van der Waals surface area contributed by atoms with Crippen molar-refractivity contribution in [3.63, 3.8) is 0 Å². The molecule has 24 heavy (non-hydrogen) atoms. The van der Waals surface area contributed by atoms with Gasteiger partial charge >= 0.3 is 0 Å². The fraction of sp³-hybridized carbons (Fsp3) is 0.389. The first-order valence-corrected chi connectivity index (χ1v) is 10.1. The van der Waals surface area contributed by atoms with Crippen LogP contribution in [0.3, 0.4) is 0 Å². The monoisotopic (exact) mass is 345 g/mol. The number of hydrogen-bond acceptors (Lipinski definition) is 4. The molecule has 0 aliphatic carbocycles. The molecule has 0 bridgehead atoms. The van der Waals surface area contributed by atoms with Crippen LogP contribution < -0.4 is 4.72 Å². The Morgan fingerprint density at radius 2 is 1.67 bits per heavy atom. The first kappa shape index (κ1) is 16.9. The second-order valence-corrected chi connectivity index (χ2v) is 8.10. The van der Waals surface area contributed by atoms with E-state index in [4.69, 9.17) is 0 Å². The summed E-state index contributed by atoms with van der Waals surface area (Å²) in [5, 5.41) is 0. The highest BCUT2D eigenvalue weighted by Crippen LogP contribution is 2.27. The number of nitrogens with zero attached hydrogens (tertiary/aromatic N) is 2. The van der Waals surface area contributed by atoms with Crippen molar-refractivity contribution in [1.82, 2.24) is 9.88 Å². The van der Waals surface area contributed by atoms with E-state index in [-0.39, 0.29) is 0 Å². The van der Waals surface area contributed by atoms with Crippen LogP contribution in [-0.4, -0.2) is 37.6 Å². The summed E-state index contributed by atoms with van der Waals surface area (Å²) in [6.07, 6.45) is 5.39. The predicted octanol–water partition coefficient (Wildman–Crippen LogP) is 3.28. The Labute approximate surface area is 143 Å². The third-order valence-corrected chi connectivity index (χ3v) is 5.05. The van der Waals surface area contributed by atoms with Crippen LogP contribution in [0.15, 0.2) is 42.6 Å². The van der Waals surface area contributed by atoms with Gasteiger partial charge in [-0.05, 0) is 56.1 Å². The number of pyridine rings is 1. The Kier molecular flexibility index (Phi) is 4.87. The van der Waals surface area contributed by atoms with Gasteiger partial charge in [0, 0.05) is 17.8 Å². The van der Waals surface area contributed by atoms with Crippen molar-refractivity contribution in [3.8, 4) is 11.1 Å². The first-order valence-electron chi connectivity index (χ1n) is 8.20. The summed E-state index contributed by atoms with van der Waals surface area (Å²) >= 11 is 0. The Morgan fingerprint density at radius 3 is 2.21 bits per heavy atom. The molecule has 0 amide bonds. The van der Waals surface area contributed by atoms with Crippen LogP contribution in [0.1, 0.15) is 31.4 Å². The van der Waals surface area contributed by atoms with E-state index in [0.29, 0.717) is 11.9 Å². The minimum atomic E-state index is -3.30. The summed E-state index contributed by atoms with van der Waals surface area (Å²) in [5.74, 6) is 0.334. The van der Waals surface area contributed by atoms with E-state index in [2.05, 4.69) is 45.8 Å². The van der Waals surface area contributed by atoms with Gasteiger partial charge < -0.3 is 0 Å².